The quantitative estimate of drug-likeness (QED) is 0.920. The first kappa shape index (κ1) is 14.9. The van der Waals surface area contributed by atoms with Gasteiger partial charge in [-0.05, 0) is 44.4 Å². The Kier molecular flexibility index (Phi) is 4.51. The average molecular weight is 289 g/mol. The molecule has 1 spiro atoms. The van der Waals surface area contributed by atoms with Crippen LogP contribution in [0.15, 0.2) is 24.3 Å². The van der Waals surface area contributed by atoms with E-state index in [0.29, 0.717) is 5.41 Å². The van der Waals surface area contributed by atoms with Gasteiger partial charge in [0.2, 0.25) is 0 Å². The van der Waals surface area contributed by atoms with Crippen LogP contribution in [-0.2, 0) is 4.74 Å². The summed E-state index contributed by atoms with van der Waals surface area (Å²) in [4.78, 5) is 0. The van der Waals surface area contributed by atoms with Gasteiger partial charge in [0, 0.05) is 18.5 Å². The minimum atomic E-state index is 0.165. The zero-order valence-corrected chi connectivity index (χ0v) is 13.2. The van der Waals surface area contributed by atoms with Crippen LogP contribution in [0.5, 0.6) is 5.75 Å². The van der Waals surface area contributed by atoms with Crippen LogP contribution in [0.2, 0.25) is 0 Å². The molecule has 3 rings (SSSR count). The third-order valence-electron chi connectivity index (χ3n) is 4.71. The number of hydrogen-bond acceptors (Lipinski definition) is 3. The molecule has 2 aliphatic rings. The van der Waals surface area contributed by atoms with E-state index in [1.807, 2.05) is 13.8 Å². The van der Waals surface area contributed by atoms with E-state index in [1.165, 1.54) is 31.2 Å². The summed E-state index contributed by atoms with van der Waals surface area (Å²) in [5.41, 5.74) is 1.64. The van der Waals surface area contributed by atoms with Gasteiger partial charge >= 0.3 is 0 Å². The van der Waals surface area contributed by atoms with Crippen LogP contribution < -0.4 is 10.1 Å². The molecule has 1 atom stereocenters. The smallest absolute Gasteiger partial charge is 0.119 e. The Morgan fingerprint density at radius 2 is 1.90 bits per heavy atom. The molecule has 0 bridgehead atoms. The van der Waals surface area contributed by atoms with E-state index in [0.717, 1.165) is 25.4 Å². The molecule has 1 N–H and O–H groups in total. The topological polar surface area (TPSA) is 30.5 Å². The van der Waals surface area contributed by atoms with Gasteiger partial charge in [0.25, 0.3) is 0 Å². The molecule has 3 nitrogen and oxygen atoms in total. The zero-order chi connectivity index (χ0) is 14.7. The normalized spacial score (nSPS) is 25.2. The highest BCUT2D eigenvalue weighted by molar-refractivity contribution is 5.29. The predicted molar refractivity (Wildman–Crippen MR) is 84.7 cm³/mol. The monoisotopic (exact) mass is 289 g/mol. The molecule has 0 radical (unpaired) electrons. The molecule has 1 unspecified atom stereocenters. The summed E-state index contributed by atoms with van der Waals surface area (Å²) >= 11 is 0. The molecule has 1 aliphatic heterocycles. The van der Waals surface area contributed by atoms with Crippen LogP contribution in [-0.4, -0.2) is 25.8 Å². The number of benzene rings is 1. The SMILES string of the molecule is CC(C)Oc1ccc(C2CNCC3(CCCC3)CO2)cc1. The van der Waals surface area contributed by atoms with E-state index in [2.05, 4.69) is 29.6 Å². The van der Waals surface area contributed by atoms with Crippen molar-refractivity contribution in [2.75, 3.05) is 19.7 Å². The Morgan fingerprint density at radius 1 is 1.19 bits per heavy atom. The molecule has 2 fully saturated rings. The lowest BCUT2D eigenvalue weighted by atomic mass is 9.87. The second-order valence-electron chi connectivity index (χ2n) is 6.87. The maximum Gasteiger partial charge on any atom is 0.119 e. The van der Waals surface area contributed by atoms with Gasteiger partial charge in [-0.1, -0.05) is 25.0 Å². The average Bonchev–Trinajstić information content (AvgIpc) is 2.81. The first-order valence-corrected chi connectivity index (χ1v) is 8.26. The van der Waals surface area contributed by atoms with Crippen molar-refractivity contribution in [1.29, 1.82) is 0 Å². The zero-order valence-electron chi connectivity index (χ0n) is 13.2. The van der Waals surface area contributed by atoms with Gasteiger partial charge in [-0.2, -0.15) is 0 Å². The van der Waals surface area contributed by atoms with Crippen LogP contribution in [0.1, 0.15) is 51.2 Å². The fourth-order valence-corrected chi connectivity index (χ4v) is 3.55. The summed E-state index contributed by atoms with van der Waals surface area (Å²) in [5, 5.41) is 3.62. The Balaban J connectivity index is 1.64. The van der Waals surface area contributed by atoms with Crippen molar-refractivity contribution in [3.8, 4) is 5.75 Å². The lowest BCUT2D eigenvalue weighted by Crippen LogP contribution is -2.32. The Labute approximate surface area is 128 Å². The van der Waals surface area contributed by atoms with Crippen LogP contribution >= 0.6 is 0 Å². The van der Waals surface area contributed by atoms with Gasteiger partial charge < -0.3 is 14.8 Å². The van der Waals surface area contributed by atoms with Gasteiger partial charge in [-0.15, -0.1) is 0 Å². The summed E-state index contributed by atoms with van der Waals surface area (Å²) in [6.07, 6.45) is 5.72. The molecule has 0 amide bonds. The first-order chi connectivity index (χ1) is 10.2. The number of hydrogen-bond donors (Lipinski definition) is 1. The van der Waals surface area contributed by atoms with Gasteiger partial charge in [-0.3, -0.25) is 0 Å². The lowest BCUT2D eigenvalue weighted by Gasteiger charge is -2.26. The molecule has 1 aromatic carbocycles. The number of ether oxygens (including phenoxy) is 2. The van der Waals surface area contributed by atoms with E-state index in [-0.39, 0.29) is 12.2 Å². The van der Waals surface area contributed by atoms with Crippen LogP contribution in [0.3, 0.4) is 0 Å². The summed E-state index contributed by atoms with van der Waals surface area (Å²) < 4.78 is 11.9. The fourth-order valence-electron chi connectivity index (χ4n) is 3.55. The molecule has 116 valence electrons. The van der Waals surface area contributed by atoms with E-state index in [1.54, 1.807) is 0 Å². The standard InChI is InChI=1S/C18H27NO2/c1-14(2)21-16-7-5-15(6-8-16)17-11-19-12-18(13-20-17)9-3-4-10-18/h5-8,14,17,19H,3-4,9-13H2,1-2H3. The van der Waals surface area contributed by atoms with Crippen molar-refractivity contribution in [2.24, 2.45) is 5.41 Å². The summed E-state index contributed by atoms with van der Waals surface area (Å²) in [7, 11) is 0. The maximum atomic E-state index is 6.24. The van der Waals surface area contributed by atoms with Crippen LogP contribution in [0.4, 0.5) is 0 Å². The molecular formula is C18H27NO2. The van der Waals surface area contributed by atoms with Gasteiger partial charge in [0.15, 0.2) is 0 Å². The van der Waals surface area contributed by atoms with Crippen molar-refractivity contribution >= 4 is 0 Å². The van der Waals surface area contributed by atoms with Crippen LogP contribution in [0, 0.1) is 5.41 Å². The summed E-state index contributed by atoms with van der Waals surface area (Å²) in [6.45, 7) is 7.01. The molecule has 1 heterocycles. The first-order valence-electron chi connectivity index (χ1n) is 8.26. The third kappa shape index (κ3) is 3.58. The van der Waals surface area contributed by atoms with Crippen molar-refractivity contribution in [2.45, 2.75) is 51.7 Å². The fraction of sp³-hybridized carbons (Fsp3) is 0.667. The predicted octanol–water partition coefficient (Wildman–Crippen LogP) is 3.70. The second kappa shape index (κ2) is 6.37. The number of nitrogens with one attached hydrogen (secondary N) is 1. The van der Waals surface area contributed by atoms with Crippen molar-refractivity contribution in [3.05, 3.63) is 29.8 Å². The van der Waals surface area contributed by atoms with Gasteiger partial charge in [0.1, 0.15) is 5.75 Å². The van der Waals surface area contributed by atoms with Gasteiger partial charge in [-0.25, -0.2) is 0 Å². The Hall–Kier alpha value is -1.06. The molecule has 21 heavy (non-hydrogen) atoms. The largest absolute Gasteiger partial charge is 0.491 e. The highest BCUT2D eigenvalue weighted by Crippen LogP contribution is 2.40. The summed E-state index contributed by atoms with van der Waals surface area (Å²) in [5.74, 6) is 0.933. The molecule has 0 aromatic heterocycles. The second-order valence-corrected chi connectivity index (χ2v) is 6.87. The van der Waals surface area contributed by atoms with Crippen molar-refractivity contribution in [1.82, 2.24) is 5.32 Å². The van der Waals surface area contributed by atoms with Crippen molar-refractivity contribution < 1.29 is 9.47 Å². The highest BCUT2D eigenvalue weighted by Gasteiger charge is 2.36. The van der Waals surface area contributed by atoms with E-state index >= 15 is 0 Å². The summed E-state index contributed by atoms with van der Waals surface area (Å²) in [6, 6.07) is 8.37. The molecular weight excluding hydrogens is 262 g/mol. The highest BCUT2D eigenvalue weighted by atomic mass is 16.5. The molecule has 3 heteroatoms. The Bertz CT molecular complexity index is 449. The van der Waals surface area contributed by atoms with Crippen LogP contribution in [0.25, 0.3) is 0 Å². The molecule has 1 aliphatic carbocycles. The minimum absolute atomic E-state index is 0.165. The molecule has 1 saturated heterocycles. The van der Waals surface area contributed by atoms with Gasteiger partial charge in [0.05, 0.1) is 18.8 Å². The minimum Gasteiger partial charge on any atom is -0.491 e. The van der Waals surface area contributed by atoms with Crippen molar-refractivity contribution in [3.63, 3.8) is 0 Å². The van der Waals surface area contributed by atoms with E-state index < -0.39 is 0 Å². The van der Waals surface area contributed by atoms with E-state index in [9.17, 15) is 0 Å². The number of rotatable bonds is 3. The third-order valence-corrected chi connectivity index (χ3v) is 4.71. The Morgan fingerprint density at radius 3 is 2.57 bits per heavy atom. The molecule has 1 aromatic rings. The maximum absolute atomic E-state index is 6.24. The lowest BCUT2D eigenvalue weighted by molar-refractivity contribution is 0.0158. The van der Waals surface area contributed by atoms with E-state index in [4.69, 9.17) is 9.47 Å². The molecule has 1 saturated carbocycles.